The van der Waals surface area contributed by atoms with Crippen LogP contribution < -0.4 is 0 Å². The van der Waals surface area contributed by atoms with Gasteiger partial charge in [0.25, 0.3) is 0 Å². The summed E-state index contributed by atoms with van der Waals surface area (Å²) in [6.07, 6.45) is -1.95. The number of hydrogen-bond donors (Lipinski definition) is 0. The molecule has 0 radical (unpaired) electrons. The normalized spacial score (nSPS) is 21.4. The molecule has 11 heteroatoms. The molecule has 0 aliphatic carbocycles. The fraction of sp³-hybridized carbons (Fsp3) is 0.641. The van der Waals surface area contributed by atoms with E-state index in [0.29, 0.717) is 5.76 Å². The summed E-state index contributed by atoms with van der Waals surface area (Å²) in [5.74, 6) is 2.00. The molecule has 4 atom stereocenters. The maximum atomic E-state index is 14.9. The molecule has 1 unspecified atom stereocenters. The van der Waals surface area contributed by atoms with Gasteiger partial charge in [-0.15, -0.1) is 0 Å². The Kier molecular flexibility index (Phi) is 13.7. The van der Waals surface area contributed by atoms with Crippen LogP contribution in [0.5, 0.6) is 0 Å². The number of ether oxygens (including phenoxy) is 1. The lowest BCUT2D eigenvalue weighted by atomic mass is 10.1. The summed E-state index contributed by atoms with van der Waals surface area (Å²) in [5, 5.41) is -0.169. The molecule has 1 heterocycles. The van der Waals surface area contributed by atoms with E-state index in [0.717, 1.165) is 11.1 Å². The predicted molar refractivity (Wildman–Crippen MR) is 215 cm³/mol. The molecule has 0 spiro atoms. The highest BCUT2D eigenvalue weighted by molar-refractivity contribution is 7.57. The molecule has 0 aromatic heterocycles. The van der Waals surface area contributed by atoms with Crippen LogP contribution >= 0.6 is 7.60 Å². The van der Waals surface area contributed by atoms with Gasteiger partial charge in [0, 0.05) is 0 Å². The van der Waals surface area contributed by atoms with Crippen molar-refractivity contribution in [2.75, 3.05) is 0 Å². The molecule has 282 valence electrons. The molecule has 0 saturated carbocycles. The van der Waals surface area contributed by atoms with Gasteiger partial charge in [0.15, 0.2) is 31.1 Å². The molecule has 0 bridgehead atoms. The van der Waals surface area contributed by atoms with Crippen molar-refractivity contribution >= 4 is 32.5 Å². The number of hydrogen-bond acceptors (Lipinski definition) is 7. The summed E-state index contributed by atoms with van der Waals surface area (Å²) in [4.78, 5) is 0. The van der Waals surface area contributed by atoms with E-state index < -0.39 is 50.9 Å². The zero-order valence-electron chi connectivity index (χ0n) is 33.9. The van der Waals surface area contributed by atoms with Crippen molar-refractivity contribution in [2.45, 2.75) is 161 Å². The summed E-state index contributed by atoms with van der Waals surface area (Å²) < 4.78 is 55.9. The molecule has 1 aliphatic rings. The van der Waals surface area contributed by atoms with E-state index in [1.165, 1.54) is 0 Å². The van der Waals surface area contributed by atoms with E-state index in [1.54, 1.807) is 5.82 Å². The first kappa shape index (κ1) is 43.1. The highest BCUT2D eigenvalue weighted by atomic mass is 31.2. The van der Waals surface area contributed by atoms with E-state index in [-0.39, 0.29) is 34.4 Å². The molecule has 1 fully saturated rings. The van der Waals surface area contributed by atoms with E-state index in [2.05, 4.69) is 109 Å². The van der Waals surface area contributed by atoms with Crippen molar-refractivity contribution in [3.8, 4) is 0 Å². The number of benzene rings is 2. The zero-order valence-corrected chi connectivity index (χ0v) is 37.8. The standard InChI is InChI=1S/C39H67O7PSi3/c1-30(44-48(11,12)37(2,3)4)34-36(46-50(15,16)39(8,9)10)35(45-49(13,14)38(5,6)7)33(43-34)29-47(40,41-27-31-23-19-17-20-24-31)42-28-32-25-21-18-22-26-32/h17-26,29-30,34-36H,27-28H2,1-16H3/b33-29+/t30-,34?,35+,36+/m0/s1. The Morgan fingerprint density at radius 2 is 1.08 bits per heavy atom. The van der Waals surface area contributed by atoms with Crippen LogP contribution in [0.2, 0.25) is 54.4 Å². The van der Waals surface area contributed by atoms with Gasteiger partial charge < -0.3 is 27.1 Å². The minimum atomic E-state index is -3.91. The van der Waals surface area contributed by atoms with Gasteiger partial charge in [-0.25, -0.2) is 0 Å². The topological polar surface area (TPSA) is 72.5 Å². The van der Waals surface area contributed by atoms with E-state index >= 15 is 0 Å². The van der Waals surface area contributed by atoms with Crippen LogP contribution in [-0.2, 0) is 44.8 Å². The van der Waals surface area contributed by atoms with Crippen molar-refractivity contribution in [2.24, 2.45) is 0 Å². The summed E-state index contributed by atoms with van der Waals surface area (Å²) >= 11 is 0. The highest BCUT2D eigenvalue weighted by Gasteiger charge is 2.55. The first-order valence-corrected chi connectivity index (χ1v) is 28.4. The van der Waals surface area contributed by atoms with Gasteiger partial charge in [-0.1, -0.05) is 123 Å². The average Bonchev–Trinajstić information content (AvgIpc) is 3.29. The third kappa shape index (κ3) is 11.1. The van der Waals surface area contributed by atoms with Gasteiger partial charge in [-0.05, 0) is 72.4 Å². The quantitative estimate of drug-likeness (QED) is 0.140. The SMILES string of the molecule is C[C@H](O[Si](C)(C)C(C)(C)C)C1O/C(=C/P(=O)(OCc2ccccc2)OCc2ccccc2)[C@@H](O[Si](C)(C)C(C)(C)C)[C@@H]1O[Si](C)(C)C(C)(C)C. The van der Waals surface area contributed by atoms with Gasteiger partial charge in [0.2, 0.25) is 0 Å². The third-order valence-electron chi connectivity index (χ3n) is 11.2. The summed E-state index contributed by atoms with van der Waals surface area (Å²) in [5.41, 5.74) is 1.79. The smallest absolute Gasteiger partial charge is 0.358 e. The minimum Gasteiger partial charge on any atom is -0.486 e. The lowest BCUT2D eigenvalue weighted by molar-refractivity contribution is -0.0256. The molecule has 3 rings (SSSR count). The fourth-order valence-corrected chi connectivity index (χ4v) is 10.2. The Morgan fingerprint density at radius 3 is 1.48 bits per heavy atom. The molecule has 1 saturated heterocycles. The highest BCUT2D eigenvalue weighted by Crippen LogP contribution is 2.55. The van der Waals surface area contributed by atoms with Gasteiger partial charge in [-0.3, -0.25) is 4.57 Å². The molecule has 1 aliphatic heterocycles. The Labute approximate surface area is 307 Å². The second kappa shape index (κ2) is 15.9. The van der Waals surface area contributed by atoms with Crippen LogP contribution in [-0.4, -0.2) is 49.4 Å². The summed E-state index contributed by atoms with van der Waals surface area (Å²) in [7, 11) is -10.9. The van der Waals surface area contributed by atoms with Crippen LogP contribution in [0.25, 0.3) is 0 Å². The van der Waals surface area contributed by atoms with Crippen molar-refractivity contribution in [1.29, 1.82) is 0 Å². The first-order chi connectivity index (χ1) is 22.7. The molecule has 50 heavy (non-hydrogen) atoms. The van der Waals surface area contributed by atoms with Crippen LogP contribution in [0.1, 0.15) is 80.4 Å². The van der Waals surface area contributed by atoms with Crippen molar-refractivity contribution in [3.05, 3.63) is 83.4 Å². The first-order valence-electron chi connectivity index (χ1n) is 18.1. The molecule has 0 N–H and O–H groups in total. The molecule has 0 amide bonds. The molecule has 7 nitrogen and oxygen atoms in total. The van der Waals surface area contributed by atoms with E-state index in [1.807, 2.05) is 60.7 Å². The lowest BCUT2D eigenvalue weighted by Crippen LogP contribution is -2.55. The molecular formula is C39H67O7PSi3. The van der Waals surface area contributed by atoms with Crippen molar-refractivity contribution in [3.63, 3.8) is 0 Å². The third-order valence-corrected chi connectivity index (χ3v) is 26.2. The van der Waals surface area contributed by atoms with Crippen molar-refractivity contribution < 1.29 is 31.6 Å². The van der Waals surface area contributed by atoms with Gasteiger partial charge in [-0.2, -0.15) is 0 Å². The maximum Gasteiger partial charge on any atom is 0.358 e. The Balaban J connectivity index is 2.20. The largest absolute Gasteiger partial charge is 0.486 e. The molecule has 2 aromatic carbocycles. The van der Waals surface area contributed by atoms with Gasteiger partial charge >= 0.3 is 7.60 Å². The van der Waals surface area contributed by atoms with Crippen LogP contribution in [0.3, 0.4) is 0 Å². The number of rotatable bonds is 14. The van der Waals surface area contributed by atoms with Crippen LogP contribution in [0.15, 0.2) is 72.2 Å². The second-order valence-electron chi connectivity index (χ2n) is 18.4. The van der Waals surface area contributed by atoms with Crippen LogP contribution in [0.4, 0.5) is 0 Å². The second-order valence-corrected chi connectivity index (χ2v) is 34.5. The Hall–Kier alpha value is -1.34. The minimum absolute atomic E-state index is 0.00236. The Morgan fingerprint density at radius 1 is 0.680 bits per heavy atom. The summed E-state index contributed by atoms with van der Waals surface area (Å²) in [6, 6.07) is 19.4. The molecule has 2 aromatic rings. The van der Waals surface area contributed by atoms with Crippen molar-refractivity contribution in [1.82, 2.24) is 0 Å². The fourth-order valence-electron chi connectivity index (χ4n) is 4.81. The van der Waals surface area contributed by atoms with E-state index in [9.17, 15) is 4.57 Å². The van der Waals surface area contributed by atoms with Gasteiger partial charge in [0.1, 0.15) is 18.0 Å². The monoisotopic (exact) mass is 762 g/mol. The van der Waals surface area contributed by atoms with Crippen LogP contribution in [0, 0.1) is 0 Å². The Bertz CT molecular complexity index is 1410. The zero-order chi connectivity index (χ0) is 38.0. The average molecular weight is 763 g/mol. The van der Waals surface area contributed by atoms with E-state index in [4.69, 9.17) is 27.1 Å². The summed E-state index contributed by atoms with van der Waals surface area (Å²) in [6.45, 7) is 35.9. The molecular weight excluding hydrogens is 696 g/mol. The predicted octanol–water partition coefficient (Wildman–Crippen LogP) is 12.0. The van der Waals surface area contributed by atoms with Gasteiger partial charge in [0.05, 0.1) is 25.1 Å². The maximum absolute atomic E-state index is 14.9. The lowest BCUT2D eigenvalue weighted by Gasteiger charge is -2.44.